The van der Waals surface area contributed by atoms with Crippen molar-refractivity contribution in [2.45, 2.75) is 11.1 Å². The second-order valence-electron chi connectivity index (χ2n) is 4.25. The average Bonchev–Trinajstić information content (AvgIpc) is 2.94. The molecule has 6 heteroatoms. The van der Waals surface area contributed by atoms with Crippen molar-refractivity contribution >= 4 is 35.0 Å². The maximum absolute atomic E-state index is 12.2. The Bertz CT molecular complexity index is 677. The fraction of sp³-hybridized carbons (Fsp3) is 0.250. The zero-order valence-electron chi connectivity index (χ0n) is 12.5. The predicted molar refractivity (Wildman–Crippen MR) is 88.8 cm³/mol. The van der Waals surface area contributed by atoms with Crippen LogP contribution in [-0.2, 0) is 9.47 Å². The summed E-state index contributed by atoms with van der Waals surface area (Å²) >= 11 is 2.93. The lowest BCUT2D eigenvalue weighted by Gasteiger charge is -2.05. The highest BCUT2D eigenvalue weighted by molar-refractivity contribution is 8.01. The molecule has 0 unspecified atom stereocenters. The molecule has 2 aromatic rings. The van der Waals surface area contributed by atoms with Gasteiger partial charge in [-0.3, -0.25) is 0 Å². The number of thioether (sulfide) groups is 1. The van der Waals surface area contributed by atoms with Crippen molar-refractivity contribution in [1.29, 1.82) is 0 Å². The summed E-state index contributed by atoms with van der Waals surface area (Å²) in [5.41, 5.74) is 1.45. The molecule has 0 amide bonds. The summed E-state index contributed by atoms with van der Waals surface area (Å²) in [6.45, 7) is 1.99. The maximum Gasteiger partial charge on any atom is 0.340 e. The molecule has 0 atom stereocenters. The molecule has 0 aliphatic carbocycles. The summed E-state index contributed by atoms with van der Waals surface area (Å²) in [4.78, 5) is 25.1. The number of methoxy groups -OCH3 is 2. The van der Waals surface area contributed by atoms with E-state index in [1.807, 2.05) is 37.3 Å². The molecule has 0 aliphatic heterocycles. The van der Waals surface area contributed by atoms with Gasteiger partial charge in [0.1, 0.15) is 0 Å². The first-order chi connectivity index (χ1) is 10.6. The van der Waals surface area contributed by atoms with Crippen LogP contribution in [0.3, 0.4) is 0 Å². The van der Waals surface area contributed by atoms with Crippen LogP contribution in [0.25, 0.3) is 10.4 Å². The van der Waals surface area contributed by atoms with Crippen molar-refractivity contribution < 1.29 is 19.1 Å². The minimum absolute atomic E-state index is 0.279. The van der Waals surface area contributed by atoms with Gasteiger partial charge < -0.3 is 9.47 Å². The van der Waals surface area contributed by atoms with Gasteiger partial charge in [-0.1, -0.05) is 37.3 Å². The van der Waals surface area contributed by atoms with E-state index in [4.69, 9.17) is 9.47 Å². The van der Waals surface area contributed by atoms with Crippen LogP contribution in [0.5, 0.6) is 0 Å². The number of esters is 2. The monoisotopic (exact) mass is 336 g/mol. The third-order valence-electron chi connectivity index (χ3n) is 2.97. The van der Waals surface area contributed by atoms with Gasteiger partial charge in [-0.05, 0) is 11.3 Å². The number of hydrogen-bond donors (Lipinski definition) is 0. The summed E-state index contributed by atoms with van der Waals surface area (Å²) in [7, 11) is 2.62. The van der Waals surface area contributed by atoms with Gasteiger partial charge >= 0.3 is 11.9 Å². The van der Waals surface area contributed by atoms with Crippen molar-refractivity contribution in [3.05, 3.63) is 41.5 Å². The molecule has 0 fully saturated rings. The second kappa shape index (κ2) is 7.47. The maximum atomic E-state index is 12.2. The zero-order valence-corrected chi connectivity index (χ0v) is 14.2. The molecular weight excluding hydrogens is 320 g/mol. The van der Waals surface area contributed by atoms with E-state index in [0.717, 1.165) is 20.4 Å². The summed E-state index contributed by atoms with van der Waals surface area (Å²) < 4.78 is 10.5. The van der Waals surface area contributed by atoms with Crippen molar-refractivity contribution in [2.24, 2.45) is 0 Å². The molecule has 116 valence electrons. The van der Waals surface area contributed by atoms with Crippen LogP contribution in [-0.4, -0.2) is 31.9 Å². The van der Waals surface area contributed by atoms with E-state index in [1.165, 1.54) is 37.3 Å². The molecule has 0 saturated heterocycles. The normalized spacial score (nSPS) is 10.3. The van der Waals surface area contributed by atoms with Crippen LogP contribution in [0.2, 0.25) is 0 Å². The van der Waals surface area contributed by atoms with E-state index in [9.17, 15) is 9.59 Å². The molecule has 1 aromatic heterocycles. The number of rotatable bonds is 5. The van der Waals surface area contributed by atoms with Gasteiger partial charge in [-0.2, -0.15) is 0 Å². The molecule has 0 spiro atoms. The standard InChI is InChI=1S/C16H16O4S2/c1-4-21-16-12(15(18)20-3)11(14(17)19-2)13(22-16)10-8-6-5-7-9-10/h5-9H,4H2,1-3H3. The number of hydrogen-bond acceptors (Lipinski definition) is 6. The number of thiophene rings is 1. The highest BCUT2D eigenvalue weighted by Crippen LogP contribution is 2.42. The van der Waals surface area contributed by atoms with Gasteiger partial charge in [0.05, 0.1) is 34.4 Å². The van der Waals surface area contributed by atoms with Crippen molar-refractivity contribution in [3.8, 4) is 10.4 Å². The number of ether oxygens (including phenoxy) is 2. The number of benzene rings is 1. The van der Waals surface area contributed by atoms with Crippen LogP contribution in [0.1, 0.15) is 27.6 Å². The average molecular weight is 336 g/mol. The smallest absolute Gasteiger partial charge is 0.340 e. The van der Waals surface area contributed by atoms with Crippen LogP contribution in [0.4, 0.5) is 0 Å². The molecule has 1 aromatic carbocycles. The lowest BCUT2D eigenvalue weighted by molar-refractivity contribution is 0.0554. The highest BCUT2D eigenvalue weighted by atomic mass is 32.2. The molecule has 4 nitrogen and oxygen atoms in total. The summed E-state index contributed by atoms with van der Waals surface area (Å²) in [6.07, 6.45) is 0. The third-order valence-corrected chi connectivity index (χ3v) is 5.36. The van der Waals surface area contributed by atoms with Crippen LogP contribution >= 0.6 is 23.1 Å². The minimum atomic E-state index is -0.529. The Morgan fingerprint density at radius 2 is 1.64 bits per heavy atom. The van der Waals surface area contributed by atoms with Crippen molar-refractivity contribution in [3.63, 3.8) is 0 Å². The predicted octanol–water partition coefficient (Wildman–Crippen LogP) is 4.10. The minimum Gasteiger partial charge on any atom is -0.465 e. The van der Waals surface area contributed by atoms with Gasteiger partial charge in [0, 0.05) is 0 Å². The van der Waals surface area contributed by atoms with E-state index >= 15 is 0 Å². The number of carbonyl (C=O) groups excluding carboxylic acids is 2. The first kappa shape index (κ1) is 16.6. The van der Waals surface area contributed by atoms with Crippen LogP contribution < -0.4 is 0 Å². The Balaban J connectivity index is 2.72. The molecule has 1 heterocycles. The summed E-state index contributed by atoms with van der Waals surface area (Å²) in [5.74, 6) is -0.257. The molecule has 0 saturated carbocycles. The molecule has 0 bridgehead atoms. The van der Waals surface area contributed by atoms with E-state index in [1.54, 1.807) is 0 Å². The quantitative estimate of drug-likeness (QED) is 0.608. The Kier molecular flexibility index (Phi) is 5.63. The largest absolute Gasteiger partial charge is 0.465 e. The fourth-order valence-corrected chi connectivity index (χ4v) is 4.47. The molecule has 0 aliphatic rings. The molecule has 0 N–H and O–H groups in total. The highest BCUT2D eigenvalue weighted by Gasteiger charge is 2.30. The third kappa shape index (κ3) is 3.18. The lowest BCUT2D eigenvalue weighted by Crippen LogP contribution is -2.11. The molecule has 22 heavy (non-hydrogen) atoms. The lowest BCUT2D eigenvalue weighted by atomic mass is 10.1. The molecule has 2 rings (SSSR count). The van der Waals surface area contributed by atoms with Crippen LogP contribution in [0, 0.1) is 0 Å². The van der Waals surface area contributed by atoms with Gasteiger partial charge in [0.2, 0.25) is 0 Å². The van der Waals surface area contributed by atoms with E-state index in [0.29, 0.717) is 5.56 Å². The van der Waals surface area contributed by atoms with E-state index < -0.39 is 11.9 Å². The fourth-order valence-electron chi connectivity index (χ4n) is 2.02. The first-order valence-electron chi connectivity index (χ1n) is 6.65. The van der Waals surface area contributed by atoms with E-state index in [2.05, 4.69) is 0 Å². The first-order valence-corrected chi connectivity index (χ1v) is 8.45. The zero-order chi connectivity index (χ0) is 16.1. The SMILES string of the molecule is CCSc1sc(-c2ccccc2)c(C(=O)OC)c1C(=O)OC. The van der Waals surface area contributed by atoms with E-state index in [-0.39, 0.29) is 5.56 Å². The van der Waals surface area contributed by atoms with Gasteiger partial charge in [0.15, 0.2) is 0 Å². The topological polar surface area (TPSA) is 52.6 Å². The van der Waals surface area contributed by atoms with Gasteiger partial charge in [-0.15, -0.1) is 23.1 Å². The Labute approximate surface area is 137 Å². The second-order valence-corrected chi connectivity index (χ2v) is 6.80. The van der Waals surface area contributed by atoms with Crippen LogP contribution in [0.15, 0.2) is 34.5 Å². The summed E-state index contributed by atoms with van der Waals surface area (Å²) in [6, 6.07) is 9.48. The molecular formula is C16H16O4S2. The number of carbonyl (C=O) groups is 2. The van der Waals surface area contributed by atoms with Crippen molar-refractivity contribution in [2.75, 3.05) is 20.0 Å². The Morgan fingerprint density at radius 3 is 2.18 bits per heavy atom. The van der Waals surface area contributed by atoms with Crippen molar-refractivity contribution in [1.82, 2.24) is 0 Å². The summed E-state index contributed by atoms with van der Waals surface area (Å²) in [5, 5.41) is 0. The Morgan fingerprint density at radius 1 is 1.05 bits per heavy atom. The van der Waals surface area contributed by atoms with Gasteiger partial charge in [0.25, 0.3) is 0 Å². The molecule has 0 radical (unpaired) electrons. The Hall–Kier alpha value is -1.79. The van der Waals surface area contributed by atoms with Gasteiger partial charge in [-0.25, -0.2) is 9.59 Å².